The number of ether oxygens (including phenoxy) is 1. The van der Waals surface area contributed by atoms with Gasteiger partial charge in [0.1, 0.15) is 17.1 Å². The lowest BCUT2D eigenvalue weighted by Crippen LogP contribution is -2.07. The normalized spacial score (nSPS) is 11.0. The fourth-order valence-electron chi connectivity index (χ4n) is 3.70. The first-order valence-electron chi connectivity index (χ1n) is 10.3. The van der Waals surface area contributed by atoms with E-state index in [0.717, 1.165) is 45.0 Å². The molecule has 0 unspecified atom stereocenters. The number of benzene rings is 2. The number of rotatable bonds is 5. The Morgan fingerprint density at radius 2 is 1.72 bits per heavy atom. The Balaban J connectivity index is 1.51. The third kappa shape index (κ3) is 3.65. The van der Waals surface area contributed by atoms with E-state index in [1.807, 2.05) is 79.7 Å². The van der Waals surface area contributed by atoms with Crippen molar-refractivity contribution in [3.63, 3.8) is 0 Å². The van der Waals surface area contributed by atoms with Crippen molar-refractivity contribution in [2.75, 3.05) is 12.4 Å². The van der Waals surface area contributed by atoms with E-state index in [9.17, 15) is 0 Å². The Morgan fingerprint density at radius 3 is 2.47 bits per heavy atom. The molecule has 0 bridgehead atoms. The lowest BCUT2D eigenvalue weighted by molar-refractivity contribution is 0.419. The van der Waals surface area contributed by atoms with Crippen LogP contribution in [0.2, 0.25) is 0 Å². The highest BCUT2D eigenvalue weighted by molar-refractivity contribution is 5.88. The topological polar surface area (TPSA) is 77.8 Å². The maximum absolute atomic E-state index is 5.53. The first-order chi connectivity index (χ1) is 15.6. The number of nitrogens with one attached hydrogen (secondary N) is 1. The fraction of sp³-hybridized carbons (Fsp3) is 0.120. The molecule has 0 saturated heterocycles. The summed E-state index contributed by atoms with van der Waals surface area (Å²) in [5.74, 6) is 2.81. The molecule has 7 heteroatoms. The molecule has 158 valence electrons. The summed E-state index contributed by atoms with van der Waals surface area (Å²) in [6, 6.07) is 23.7. The van der Waals surface area contributed by atoms with Crippen LogP contribution in [0.4, 0.5) is 11.6 Å². The summed E-state index contributed by atoms with van der Waals surface area (Å²) in [6.45, 7) is 4.00. The van der Waals surface area contributed by atoms with Gasteiger partial charge in [0, 0.05) is 17.0 Å². The minimum absolute atomic E-state index is 0.626. The van der Waals surface area contributed by atoms with Crippen molar-refractivity contribution < 1.29 is 4.74 Å². The second kappa shape index (κ2) is 8.11. The average molecular weight is 422 g/mol. The van der Waals surface area contributed by atoms with Gasteiger partial charge in [-0.15, -0.1) is 10.2 Å². The lowest BCUT2D eigenvalue weighted by Gasteiger charge is -2.12. The Morgan fingerprint density at radius 1 is 0.875 bits per heavy atom. The Labute approximate surface area is 185 Å². The summed E-state index contributed by atoms with van der Waals surface area (Å²) >= 11 is 0. The molecule has 32 heavy (non-hydrogen) atoms. The van der Waals surface area contributed by atoms with E-state index >= 15 is 0 Å². The number of aromatic nitrogens is 5. The van der Waals surface area contributed by atoms with E-state index < -0.39 is 0 Å². The first kappa shape index (κ1) is 19.7. The fourth-order valence-corrected chi connectivity index (χ4v) is 3.70. The van der Waals surface area contributed by atoms with Gasteiger partial charge in [0.05, 0.1) is 18.5 Å². The molecule has 0 aliphatic rings. The van der Waals surface area contributed by atoms with Gasteiger partial charge in [-0.1, -0.05) is 42.5 Å². The summed E-state index contributed by atoms with van der Waals surface area (Å²) in [5, 5.41) is 17.7. The molecule has 0 aliphatic carbocycles. The molecule has 0 amide bonds. The monoisotopic (exact) mass is 422 g/mol. The zero-order valence-corrected chi connectivity index (χ0v) is 18.1. The molecule has 0 atom stereocenters. The largest absolute Gasteiger partial charge is 0.494 e. The number of anilines is 2. The van der Waals surface area contributed by atoms with Gasteiger partial charge in [0.25, 0.3) is 0 Å². The van der Waals surface area contributed by atoms with E-state index in [0.29, 0.717) is 11.6 Å². The average Bonchev–Trinajstić information content (AvgIpc) is 3.19. The molecule has 1 N–H and O–H groups in total. The van der Waals surface area contributed by atoms with Crippen LogP contribution in [0, 0.1) is 13.8 Å². The van der Waals surface area contributed by atoms with Gasteiger partial charge in [-0.3, -0.25) is 0 Å². The second-order valence-corrected chi connectivity index (χ2v) is 7.53. The third-order valence-electron chi connectivity index (χ3n) is 5.25. The summed E-state index contributed by atoms with van der Waals surface area (Å²) in [5.41, 5.74) is 4.60. The quantitative estimate of drug-likeness (QED) is 0.417. The highest BCUT2D eigenvalue weighted by atomic mass is 16.5. The lowest BCUT2D eigenvalue weighted by atomic mass is 10.1. The van der Waals surface area contributed by atoms with Gasteiger partial charge < -0.3 is 10.1 Å². The molecule has 3 aromatic heterocycles. The maximum atomic E-state index is 5.53. The second-order valence-electron chi connectivity index (χ2n) is 7.53. The molecular formula is C25H22N6O. The van der Waals surface area contributed by atoms with Crippen molar-refractivity contribution in [2.45, 2.75) is 13.8 Å². The van der Waals surface area contributed by atoms with Gasteiger partial charge in [-0.25, -0.2) is 4.98 Å². The van der Waals surface area contributed by atoms with Gasteiger partial charge in [0.2, 0.25) is 0 Å². The van der Waals surface area contributed by atoms with Crippen LogP contribution >= 0.6 is 0 Å². The first-order valence-corrected chi connectivity index (χ1v) is 10.3. The number of pyridine rings is 1. The SMILES string of the molecule is COc1cccc2c(C)cc(-n3nc(C)cc3Nc3ccc(-c4ccccc4)nn3)nc12. The molecule has 0 radical (unpaired) electrons. The van der Waals surface area contributed by atoms with Gasteiger partial charge in [-0.05, 0) is 43.7 Å². The van der Waals surface area contributed by atoms with E-state index in [-0.39, 0.29) is 0 Å². The minimum Gasteiger partial charge on any atom is -0.494 e. The number of methoxy groups -OCH3 is 1. The van der Waals surface area contributed by atoms with E-state index in [1.54, 1.807) is 11.8 Å². The van der Waals surface area contributed by atoms with Crippen LogP contribution in [0.1, 0.15) is 11.3 Å². The minimum atomic E-state index is 0.626. The van der Waals surface area contributed by atoms with Crippen LogP contribution in [0.15, 0.2) is 72.8 Å². The molecule has 7 nitrogen and oxygen atoms in total. The highest BCUT2D eigenvalue weighted by Gasteiger charge is 2.14. The van der Waals surface area contributed by atoms with Crippen LogP contribution in [0.3, 0.4) is 0 Å². The predicted molar refractivity (Wildman–Crippen MR) is 126 cm³/mol. The summed E-state index contributed by atoms with van der Waals surface area (Å²) < 4.78 is 7.30. The number of nitrogens with zero attached hydrogens (tertiary/aromatic N) is 5. The van der Waals surface area contributed by atoms with Crippen molar-refractivity contribution >= 4 is 22.5 Å². The van der Waals surface area contributed by atoms with Crippen LogP contribution in [0.5, 0.6) is 5.75 Å². The van der Waals surface area contributed by atoms with Crippen LogP contribution in [0.25, 0.3) is 28.0 Å². The maximum Gasteiger partial charge on any atom is 0.156 e. The van der Waals surface area contributed by atoms with Gasteiger partial charge in [0.15, 0.2) is 11.6 Å². The number of fused-ring (bicyclic) bond motifs is 1. The Hall–Kier alpha value is -4.26. The van der Waals surface area contributed by atoms with E-state index in [2.05, 4.69) is 27.5 Å². The zero-order valence-electron chi connectivity index (χ0n) is 18.1. The van der Waals surface area contributed by atoms with Crippen LogP contribution in [-0.4, -0.2) is 32.1 Å². The molecular weight excluding hydrogens is 400 g/mol. The highest BCUT2D eigenvalue weighted by Crippen LogP contribution is 2.29. The van der Waals surface area contributed by atoms with Crippen LogP contribution < -0.4 is 10.1 Å². The molecule has 2 aromatic carbocycles. The van der Waals surface area contributed by atoms with Crippen molar-refractivity contribution in [3.05, 3.63) is 84.1 Å². The summed E-state index contributed by atoms with van der Waals surface area (Å²) in [4.78, 5) is 4.85. The molecule has 0 saturated carbocycles. The molecule has 0 aliphatic heterocycles. The van der Waals surface area contributed by atoms with Crippen molar-refractivity contribution in [1.82, 2.24) is 25.0 Å². The third-order valence-corrected chi connectivity index (χ3v) is 5.25. The number of hydrogen-bond acceptors (Lipinski definition) is 6. The molecule has 0 spiro atoms. The molecule has 5 rings (SSSR count). The Kier molecular flexibility index (Phi) is 4.99. The molecule has 3 heterocycles. The van der Waals surface area contributed by atoms with Crippen molar-refractivity contribution in [2.24, 2.45) is 0 Å². The number of hydrogen-bond donors (Lipinski definition) is 1. The zero-order chi connectivity index (χ0) is 22.1. The van der Waals surface area contributed by atoms with Crippen molar-refractivity contribution in [3.8, 4) is 22.8 Å². The summed E-state index contributed by atoms with van der Waals surface area (Å²) in [7, 11) is 1.65. The van der Waals surface area contributed by atoms with Crippen molar-refractivity contribution in [1.29, 1.82) is 0 Å². The molecule has 5 aromatic rings. The standard InChI is InChI=1S/C25H22N6O/c1-16-14-23(27-25-19(16)10-7-11-21(25)32-3)31-24(15-17(2)30-31)26-22-13-12-20(28-29-22)18-8-5-4-6-9-18/h4-15H,1-3H3,(H,26,29). The van der Waals surface area contributed by atoms with Gasteiger partial charge in [-0.2, -0.15) is 9.78 Å². The predicted octanol–water partition coefficient (Wildman–Crippen LogP) is 5.25. The smallest absolute Gasteiger partial charge is 0.156 e. The molecule has 0 fully saturated rings. The summed E-state index contributed by atoms with van der Waals surface area (Å²) in [6.07, 6.45) is 0. The number of para-hydroxylation sites is 1. The van der Waals surface area contributed by atoms with Crippen LogP contribution in [-0.2, 0) is 0 Å². The Bertz CT molecular complexity index is 1390. The van der Waals surface area contributed by atoms with E-state index in [1.165, 1.54) is 0 Å². The number of aryl methyl sites for hydroxylation is 2. The van der Waals surface area contributed by atoms with Gasteiger partial charge >= 0.3 is 0 Å². The van der Waals surface area contributed by atoms with E-state index in [4.69, 9.17) is 9.72 Å².